The van der Waals surface area contributed by atoms with Crippen molar-refractivity contribution in [1.29, 1.82) is 0 Å². The summed E-state index contributed by atoms with van der Waals surface area (Å²) in [5.74, 6) is 0.793. The van der Waals surface area contributed by atoms with Crippen LogP contribution in [0.3, 0.4) is 0 Å². The van der Waals surface area contributed by atoms with Gasteiger partial charge in [-0.3, -0.25) is 0 Å². The molecule has 0 aromatic heterocycles. The second-order valence-electron chi connectivity index (χ2n) is 5.41. The molecule has 0 heterocycles. The SMILES string of the molecule is C/C(=C\CC(C)(C)C)CC(C)C. The molecule has 0 aromatic rings. The van der Waals surface area contributed by atoms with E-state index < -0.39 is 0 Å². The first kappa shape index (κ1) is 11.7. The molecule has 0 rings (SSSR count). The summed E-state index contributed by atoms with van der Waals surface area (Å²) in [5.41, 5.74) is 1.98. The van der Waals surface area contributed by atoms with Crippen molar-refractivity contribution in [3.63, 3.8) is 0 Å². The van der Waals surface area contributed by atoms with Crippen LogP contribution in [-0.4, -0.2) is 0 Å². The number of allylic oxidation sites excluding steroid dienone is 2. The van der Waals surface area contributed by atoms with Gasteiger partial charge in [0.2, 0.25) is 0 Å². The van der Waals surface area contributed by atoms with Crippen LogP contribution in [0.1, 0.15) is 54.4 Å². The highest BCUT2D eigenvalue weighted by Crippen LogP contribution is 2.21. The van der Waals surface area contributed by atoms with Gasteiger partial charge in [0.15, 0.2) is 0 Å². The molecule has 0 saturated heterocycles. The molecule has 0 aliphatic heterocycles. The van der Waals surface area contributed by atoms with Crippen molar-refractivity contribution in [2.24, 2.45) is 11.3 Å². The summed E-state index contributed by atoms with van der Waals surface area (Å²) in [6.45, 7) is 13.6. The van der Waals surface area contributed by atoms with Crippen LogP contribution in [0.15, 0.2) is 11.6 Å². The average Bonchev–Trinajstić information content (AvgIpc) is 1.80. The van der Waals surface area contributed by atoms with Gasteiger partial charge in [-0.05, 0) is 31.1 Å². The molecule has 0 atom stereocenters. The first-order valence-electron chi connectivity index (χ1n) is 4.97. The highest BCUT2D eigenvalue weighted by Gasteiger charge is 2.07. The maximum atomic E-state index is 2.39. The lowest BCUT2D eigenvalue weighted by Crippen LogP contribution is -2.02. The van der Waals surface area contributed by atoms with E-state index in [1.807, 2.05) is 0 Å². The summed E-state index contributed by atoms with van der Waals surface area (Å²) in [6.07, 6.45) is 4.83. The summed E-state index contributed by atoms with van der Waals surface area (Å²) in [6, 6.07) is 0. The Morgan fingerprint density at radius 2 is 1.75 bits per heavy atom. The minimum Gasteiger partial charge on any atom is -0.0851 e. The zero-order valence-electron chi connectivity index (χ0n) is 9.57. The summed E-state index contributed by atoms with van der Waals surface area (Å²) < 4.78 is 0. The molecular weight excluding hydrogens is 144 g/mol. The summed E-state index contributed by atoms with van der Waals surface area (Å²) in [4.78, 5) is 0. The van der Waals surface area contributed by atoms with Gasteiger partial charge in [0, 0.05) is 0 Å². The highest BCUT2D eigenvalue weighted by atomic mass is 14.1. The first-order chi connectivity index (χ1) is 5.31. The van der Waals surface area contributed by atoms with Crippen molar-refractivity contribution in [3.8, 4) is 0 Å². The quantitative estimate of drug-likeness (QED) is 0.547. The largest absolute Gasteiger partial charge is 0.0851 e. The van der Waals surface area contributed by atoms with Gasteiger partial charge >= 0.3 is 0 Å². The second kappa shape index (κ2) is 4.69. The summed E-state index contributed by atoms with van der Waals surface area (Å²) in [5, 5.41) is 0. The molecule has 0 nitrogen and oxygen atoms in total. The predicted molar refractivity (Wildman–Crippen MR) is 57.3 cm³/mol. The Labute approximate surface area is 78.1 Å². The molecule has 0 aromatic carbocycles. The van der Waals surface area contributed by atoms with E-state index in [0.717, 1.165) is 5.92 Å². The average molecular weight is 168 g/mol. The van der Waals surface area contributed by atoms with Gasteiger partial charge in [-0.2, -0.15) is 0 Å². The molecule has 0 radical (unpaired) electrons. The van der Waals surface area contributed by atoms with E-state index in [-0.39, 0.29) is 0 Å². The topological polar surface area (TPSA) is 0 Å². The van der Waals surface area contributed by atoms with Crippen molar-refractivity contribution >= 4 is 0 Å². The van der Waals surface area contributed by atoms with Gasteiger partial charge in [0.25, 0.3) is 0 Å². The zero-order valence-corrected chi connectivity index (χ0v) is 9.57. The van der Waals surface area contributed by atoms with E-state index in [2.05, 4.69) is 47.6 Å². The summed E-state index contributed by atoms with van der Waals surface area (Å²) >= 11 is 0. The molecule has 0 N–H and O–H groups in total. The molecule has 12 heavy (non-hydrogen) atoms. The number of hydrogen-bond acceptors (Lipinski definition) is 0. The minimum absolute atomic E-state index is 0.443. The Bertz CT molecular complexity index is 144. The van der Waals surface area contributed by atoms with Crippen molar-refractivity contribution in [1.82, 2.24) is 0 Å². The first-order valence-corrected chi connectivity index (χ1v) is 4.97. The molecule has 72 valence electrons. The molecule has 0 aliphatic rings. The monoisotopic (exact) mass is 168 g/mol. The molecule has 0 amide bonds. The van der Waals surface area contributed by atoms with Gasteiger partial charge in [-0.25, -0.2) is 0 Å². The Hall–Kier alpha value is -0.260. The fourth-order valence-corrected chi connectivity index (χ4v) is 1.21. The van der Waals surface area contributed by atoms with E-state index in [9.17, 15) is 0 Å². The van der Waals surface area contributed by atoms with Gasteiger partial charge in [-0.15, -0.1) is 0 Å². The molecule has 0 heteroatoms. The lowest BCUT2D eigenvalue weighted by molar-refractivity contribution is 0.418. The molecule has 0 unspecified atom stereocenters. The Morgan fingerprint density at radius 3 is 2.08 bits per heavy atom. The lowest BCUT2D eigenvalue weighted by Gasteiger charge is -2.16. The third-order valence-corrected chi connectivity index (χ3v) is 1.79. The zero-order chi connectivity index (χ0) is 9.78. The van der Waals surface area contributed by atoms with E-state index >= 15 is 0 Å². The van der Waals surface area contributed by atoms with Crippen LogP contribution in [0.2, 0.25) is 0 Å². The van der Waals surface area contributed by atoms with Crippen LogP contribution in [0.25, 0.3) is 0 Å². The Morgan fingerprint density at radius 1 is 1.25 bits per heavy atom. The van der Waals surface area contributed by atoms with Crippen LogP contribution in [0.5, 0.6) is 0 Å². The molecule has 0 fully saturated rings. The van der Waals surface area contributed by atoms with Crippen molar-refractivity contribution in [3.05, 3.63) is 11.6 Å². The standard InChI is InChI=1S/C12H24/c1-10(2)9-11(3)7-8-12(4,5)6/h7,10H,8-9H2,1-6H3/b11-7+. The van der Waals surface area contributed by atoms with Crippen molar-refractivity contribution < 1.29 is 0 Å². The van der Waals surface area contributed by atoms with Crippen LogP contribution in [0.4, 0.5) is 0 Å². The molecule has 0 bridgehead atoms. The second-order valence-corrected chi connectivity index (χ2v) is 5.41. The van der Waals surface area contributed by atoms with Crippen molar-refractivity contribution in [2.75, 3.05) is 0 Å². The maximum absolute atomic E-state index is 2.39. The Kier molecular flexibility index (Phi) is 4.59. The lowest BCUT2D eigenvalue weighted by atomic mass is 9.90. The highest BCUT2D eigenvalue weighted by molar-refractivity contribution is 4.99. The maximum Gasteiger partial charge on any atom is -0.0299 e. The minimum atomic E-state index is 0.443. The van der Waals surface area contributed by atoms with Crippen LogP contribution in [0, 0.1) is 11.3 Å². The smallest absolute Gasteiger partial charge is 0.0299 e. The fourth-order valence-electron chi connectivity index (χ4n) is 1.21. The van der Waals surface area contributed by atoms with E-state index in [0.29, 0.717) is 5.41 Å². The third kappa shape index (κ3) is 7.84. The van der Waals surface area contributed by atoms with E-state index in [1.54, 1.807) is 5.57 Å². The van der Waals surface area contributed by atoms with Crippen molar-refractivity contribution in [2.45, 2.75) is 54.4 Å². The van der Waals surface area contributed by atoms with E-state index in [1.165, 1.54) is 12.8 Å². The van der Waals surface area contributed by atoms with Gasteiger partial charge in [0.1, 0.15) is 0 Å². The van der Waals surface area contributed by atoms with Crippen LogP contribution >= 0.6 is 0 Å². The molecular formula is C12H24. The summed E-state index contributed by atoms with van der Waals surface area (Å²) in [7, 11) is 0. The molecule has 0 aliphatic carbocycles. The predicted octanol–water partition coefficient (Wildman–Crippen LogP) is 4.42. The van der Waals surface area contributed by atoms with Crippen LogP contribution < -0.4 is 0 Å². The van der Waals surface area contributed by atoms with Gasteiger partial charge in [0.05, 0.1) is 0 Å². The normalized spacial score (nSPS) is 14.1. The number of hydrogen-bond donors (Lipinski definition) is 0. The molecule has 0 spiro atoms. The molecule has 0 saturated carbocycles. The Balaban J connectivity index is 3.85. The third-order valence-electron chi connectivity index (χ3n) is 1.79. The van der Waals surface area contributed by atoms with Crippen LogP contribution in [-0.2, 0) is 0 Å². The van der Waals surface area contributed by atoms with E-state index in [4.69, 9.17) is 0 Å². The fraction of sp³-hybridized carbons (Fsp3) is 0.833. The van der Waals surface area contributed by atoms with Gasteiger partial charge < -0.3 is 0 Å². The van der Waals surface area contributed by atoms with Gasteiger partial charge in [-0.1, -0.05) is 46.3 Å². The number of rotatable bonds is 3.